The van der Waals surface area contributed by atoms with Crippen molar-refractivity contribution < 1.29 is 4.74 Å². The zero-order valence-electron chi connectivity index (χ0n) is 9.42. The van der Waals surface area contributed by atoms with Crippen LogP contribution in [0.3, 0.4) is 0 Å². The first-order valence-corrected chi connectivity index (χ1v) is 7.07. The minimum absolute atomic E-state index is 0.933. The molecule has 2 rings (SSSR count). The molecule has 0 bridgehead atoms. The first-order valence-electron chi connectivity index (χ1n) is 5.55. The van der Waals surface area contributed by atoms with Gasteiger partial charge in [-0.3, -0.25) is 0 Å². The summed E-state index contributed by atoms with van der Waals surface area (Å²) in [5.41, 5.74) is 2.60. The van der Waals surface area contributed by atoms with Gasteiger partial charge in [0.1, 0.15) is 5.75 Å². The number of rotatable bonds is 5. The fourth-order valence-electron chi connectivity index (χ4n) is 1.90. The van der Waals surface area contributed by atoms with Crippen molar-refractivity contribution in [2.75, 3.05) is 11.5 Å². The summed E-state index contributed by atoms with van der Waals surface area (Å²) in [5, 5.41) is 1.30. The van der Waals surface area contributed by atoms with Crippen LogP contribution in [0.1, 0.15) is 18.4 Å². The molecule has 1 aromatic carbocycles. The molecule has 1 N–H and O–H groups in total. The minimum atomic E-state index is 0.933. The average Bonchev–Trinajstić information content (AvgIpc) is 2.72. The normalized spacial score (nSPS) is 10.9. The summed E-state index contributed by atoms with van der Waals surface area (Å²) in [5.74, 6) is 0.933. The third kappa shape index (κ3) is 2.51. The van der Waals surface area contributed by atoms with Crippen molar-refractivity contribution in [2.45, 2.75) is 19.3 Å². The van der Waals surface area contributed by atoms with Gasteiger partial charge in [-0.15, -0.1) is 0 Å². The number of H-pyrrole nitrogens is 1. The number of aromatic nitrogens is 1. The number of aromatic amines is 1. The summed E-state index contributed by atoms with van der Waals surface area (Å²) in [7, 11) is 1.71. The van der Waals surface area contributed by atoms with Gasteiger partial charge < -0.3 is 9.72 Å². The van der Waals surface area contributed by atoms with Crippen LogP contribution in [0.15, 0.2) is 24.4 Å². The van der Waals surface area contributed by atoms with Gasteiger partial charge in [-0.2, -0.15) is 0 Å². The van der Waals surface area contributed by atoms with Crippen LogP contribution in [-0.4, -0.2) is 16.5 Å². The molecule has 0 spiro atoms. The standard InChI is InChI=1S/C13H16INO/c1-16-11-5-6-13-12(8-11)10(9-15-13)4-2-3-7-14/h5-6,8-9,15H,2-4,7H2,1H3. The van der Waals surface area contributed by atoms with Gasteiger partial charge in [0.2, 0.25) is 0 Å². The average molecular weight is 329 g/mol. The number of hydrogen-bond acceptors (Lipinski definition) is 1. The number of halogens is 1. The first kappa shape index (κ1) is 11.8. The smallest absolute Gasteiger partial charge is 0.119 e. The van der Waals surface area contributed by atoms with Crippen LogP contribution in [0.2, 0.25) is 0 Å². The van der Waals surface area contributed by atoms with Gasteiger partial charge in [-0.25, -0.2) is 0 Å². The molecule has 3 heteroatoms. The highest BCUT2D eigenvalue weighted by molar-refractivity contribution is 14.1. The van der Waals surface area contributed by atoms with E-state index in [0.717, 1.165) is 12.2 Å². The lowest BCUT2D eigenvalue weighted by atomic mass is 10.1. The van der Waals surface area contributed by atoms with E-state index in [9.17, 15) is 0 Å². The van der Waals surface area contributed by atoms with Crippen molar-refractivity contribution in [3.05, 3.63) is 30.0 Å². The molecule has 0 aliphatic carbocycles. The van der Waals surface area contributed by atoms with E-state index in [-0.39, 0.29) is 0 Å². The molecule has 16 heavy (non-hydrogen) atoms. The number of hydrogen-bond donors (Lipinski definition) is 1. The Bertz CT molecular complexity index is 464. The van der Waals surface area contributed by atoms with Crippen molar-refractivity contribution >= 4 is 33.5 Å². The zero-order chi connectivity index (χ0) is 11.4. The molecule has 1 aromatic heterocycles. The highest BCUT2D eigenvalue weighted by Crippen LogP contribution is 2.24. The van der Waals surface area contributed by atoms with Crippen LogP contribution >= 0.6 is 22.6 Å². The summed E-state index contributed by atoms with van der Waals surface area (Å²) >= 11 is 2.43. The largest absolute Gasteiger partial charge is 0.497 e. The van der Waals surface area contributed by atoms with Crippen LogP contribution in [0.5, 0.6) is 5.75 Å². The first-order chi connectivity index (χ1) is 7.85. The second kappa shape index (κ2) is 5.57. The Hall–Kier alpha value is -0.710. The molecule has 0 fully saturated rings. The minimum Gasteiger partial charge on any atom is -0.497 e. The summed E-state index contributed by atoms with van der Waals surface area (Å²) in [6, 6.07) is 6.19. The van der Waals surface area contributed by atoms with E-state index in [1.807, 2.05) is 6.07 Å². The second-order valence-corrected chi connectivity index (χ2v) is 4.95. The highest BCUT2D eigenvalue weighted by Gasteiger charge is 2.04. The number of fused-ring (bicyclic) bond motifs is 1. The monoisotopic (exact) mass is 329 g/mol. The number of unbranched alkanes of at least 4 members (excludes halogenated alkanes) is 1. The molecule has 0 aliphatic heterocycles. The molecular formula is C13H16INO. The van der Waals surface area contributed by atoms with Gasteiger partial charge in [0, 0.05) is 17.1 Å². The lowest BCUT2D eigenvalue weighted by Crippen LogP contribution is -1.85. The van der Waals surface area contributed by atoms with Gasteiger partial charge >= 0.3 is 0 Å². The Morgan fingerprint density at radius 2 is 2.19 bits per heavy atom. The van der Waals surface area contributed by atoms with Gasteiger partial charge in [-0.1, -0.05) is 22.6 Å². The Labute approximate surface area is 110 Å². The van der Waals surface area contributed by atoms with E-state index in [2.05, 4.69) is 45.9 Å². The van der Waals surface area contributed by atoms with Crippen LogP contribution in [0.4, 0.5) is 0 Å². The highest BCUT2D eigenvalue weighted by atomic mass is 127. The maximum absolute atomic E-state index is 5.26. The number of benzene rings is 1. The van der Waals surface area contributed by atoms with Crippen molar-refractivity contribution in [3.63, 3.8) is 0 Å². The number of aryl methyl sites for hydroxylation is 1. The third-order valence-corrected chi connectivity index (χ3v) is 3.57. The number of nitrogens with one attached hydrogen (secondary N) is 1. The molecule has 0 aliphatic rings. The molecule has 2 aromatic rings. The molecule has 2 nitrogen and oxygen atoms in total. The summed E-state index contributed by atoms with van der Waals surface area (Å²) in [6.07, 6.45) is 5.82. The van der Waals surface area contributed by atoms with Crippen molar-refractivity contribution in [2.24, 2.45) is 0 Å². The Balaban J connectivity index is 2.24. The summed E-state index contributed by atoms with van der Waals surface area (Å²) in [6.45, 7) is 0. The number of methoxy groups -OCH3 is 1. The van der Waals surface area contributed by atoms with E-state index in [4.69, 9.17) is 4.74 Å². The van der Waals surface area contributed by atoms with E-state index in [0.29, 0.717) is 0 Å². The molecule has 0 saturated heterocycles. The molecule has 1 heterocycles. The molecule has 0 unspecified atom stereocenters. The molecule has 0 radical (unpaired) electrons. The third-order valence-electron chi connectivity index (χ3n) is 2.80. The van der Waals surface area contributed by atoms with Crippen LogP contribution in [0.25, 0.3) is 10.9 Å². The van der Waals surface area contributed by atoms with Gasteiger partial charge in [-0.05, 0) is 47.5 Å². The number of alkyl halides is 1. The van der Waals surface area contributed by atoms with Crippen LogP contribution in [0, 0.1) is 0 Å². The van der Waals surface area contributed by atoms with Crippen LogP contribution in [-0.2, 0) is 6.42 Å². The number of ether oxygens (including phenoxy) is 1. The predicted molar refractivity (Wildman–Crippen MR) is 76.7 cm³/mol. The molecule has 86 valence electrons. The van der Waals surface area contributed by atoms with Gasteiger partial charge in [0.15, 0.2) is 0 Å². The van der Waals surface area contributed by atoms with Crippen molar-refractivity contribution in [1.82, 2.24) is 4.98 Å². The van der Waals surface area contributed by atoms with Crippen LogP contribution < -0.4 is 4.74 Å². The van der Waals surface area contributed by atoms with Crippen molar-refractivity contribution in [3.8, 4) is 5.75 Å². The van der Waals surface area contributed by atoms with Crippen molar-refractivity contribution in [1.29, 1.82) is 0 Å². The molecule has 0 amide bonds. The fraction of sp³-hybridized carbons (Fsp3) is 0.385. The maximum atomic E-state index is 5.26. The van der Waals surface area contributed by atoms with E-state index >= 15 is 0 Å². The maximum Gasteiger partial charge on any atom is 0.119 e. The van der Waals surface area contributed by atoms with Gasteiger partial charge in [0.25, 0.3) is 0 Å². The fourth-order valence-corrected chi connectivity index (χ4v) is 2.44. The zero-order valence-corrected chi connectivity index (χ0v) is 11.6. The second-order valence-electron chi connectivity index (χ2n) is 3.87. The quantitative estimate of drug-likeness (QED) is 0.502. The summed E-state index contributed by atoms with van der Waals surface area (Å²) < 4.78 is 6.50. The van der Waals surface area contributed by atoms with E-state index in [1.165, 1.54) is 33.7 Å². The van der Waals surface area contributed by atoms with E-state index < -0.39 is 0 Å². The van der Waals surface area contributed by atoms with E-state index in [1.54, 1.807) is 7.11 Å². The molecular weight excluding hydrogens is 313 g/mol. The SMILES string of the molecule is COc1ccc2[nH]cc(CCCCI)c2c1. The molecule has 0 saturated carbocycles. The lowest BCUT2D eigenvalue weighted by molar-refractivity contribution is 0.415. The Morgan fingerprint density at radius 3 is 2.94 bits per heavy atom. The Morgan fingerprint density at radius 1 is 1.31 bits per heavy atom. The lowest BCUT2D eigenvalue weighted by Gasteiger charge is -2.01. The van der Waals surface area contributed by atoms with Gasteiger partial charge in [0.05, 0.1) is 7.11 Å². The summed E-state index contributed by atoms with van der Waals surface area (Å²) in [4.78, 5) is 3.31. The Kier molecular flexibility index (Phi) is 4.09. The molecule has 0 atom stereocenters. The predicted octanol–water partition coefficient (Wildman–Crippen LogP) is 3.93. The topological polar surface area (TPSA) is 25.0 Å².